The first-order valence-electron chi connectivity index (χ1n) is 6.20. The Kier molecular flexibility index (Phi) is 5.47. The number of carbonyl (C=O) groups excluding carboxylic acids is 2. The molecule has 6 heteroatoms. The Morgan fingerprint density at radius 3 is 2.78 bits per heavy atom. The highest BCUT2D eigenvalue weighted by Gasteiger charge is 2.42. The number of likely N-dealkylation sites (tertiary alicyclic amines) is 1. The number of hydrogen-bond acceptors (Lipinski definition) is 4. The molecule has 1 heterocycles. The van der Waals surface area contributed by atoms with Crippen LogP contribution in [0.3, 0.4) is 0 Å². The van der Waals surface area contributed by atoms with Crippen LogP contribution in [0, 0.1) is 5.41 Å². The number of nitrogens with two attached hydrogens (primary N) is 1. The van der Waals surface area contributed by atoms with Gasteiger partial charge in [0.2, 0.25) is 11.8 Å². The fraction of sp³-hybridized carbons (Fsp3) is 0.833. The van der Waals surface area contributed by atoms with Crippen molar-refractivity contribution >= 4 is 23.6 Å². The molecule has 0 saturated carbocycles. The third kappa shape index (κ3) is 3.38. The molecular formula is C12H23N3O2S. The van der Waals surface area contributed by atoms with Gasteiger partial charge in [0.1, 0.15) is 0 Å². The lowest BCUT2D eigenvalue weighted by Gasteiger charge is -2.24. The first-order valence-corrected chi connectivity index (χ1v) is 7.59. The predicted octanol–water partition coefficient (Wildman–Crippen LogP) is 0.0514. The van der Waals surface area contributed by atoms with Crippen molar-refractivity contribution in [2.45, 2.75) is 25.8 Å². The van der Waals surface area contributed by atoms with E-state index in [4.69, 9.17) is 5.73 Å². The van der Waals surface area contributed by atoms with E-state index in [1.54, 1.807) is 23.7 Å². The van der Waals surface area contributed by atoms with Gasteiger partial charge in [-0.3, -0.25) is 9.59 Å². The molecule has 0 radical (unpaired) electrons. The molecule has 0 aliphatic carbocycles. The smallest absolute Gasteiger partial charge is 0.239 e. The summed E-state index contributed by atoms with van der Waals surface area (Å²) >= 11 is 1.68. The number of hydrogen-bond donors (Lipinski definition) is 2. The van der Waals surface area contributed by atoms with Gasteiger partial charge in [-0.15, -0.1) is 0 Å². The zero-order valence-corrected chi connectivity index (χ0v) is 12.2. The summed E-state index contributed by atoms with van der Waals surface area (Å²) in [5.74, 6) is 0.847. The molecule has 5 nitrogen and oxygen atoms in total. The molecule has 0 spiro atoms. The lowest BCUT2D eigenvalue weighted by atomic mass is 9.89. The molecule has 18 heavy (non-hydrogen) atoms. The second-order valence-corrected chi connectivity index (χ2v) is 6.02. The van der Waals surface area contributed by atoms with Crippen LogP contribution in [0.1, 0.15) is 19.8 Å². The van der Waals surface area contributed by atoms with Crippen LogP contribution in [-0.4, -0.2) is 54.9 Å². The van der Waals surface area contributed by atoms with Crippen molar-refractivity contribution in [3.05, 3.63) is 0 Å². The number of nitrogens with one attached hydrogen (secondary N) is 1. The van der Waals surface area contributed by atoms with E-state index >= 15 is 0 Å². The molecule has 1 rings (SSSR count). The normalized spacial score (nSPS) is 25.0. The van der Waals surface area contributed by atoms with Crippen LogP contribution >= 0.6 is 11.8 Å². The van der Waals surface area contributed by atoms with Crippen LogP contribution in [0.2, 0.25) is 0 Å². The molecule has 0 aromatic rings. The van der Waals surface area contributed by atoms with E-state index in [0.717, 1.165) is 5.75 Å². The molecule has 0 aromatic heterocycles. The van der Waals surface area contributed by atoms with Gasteiger partial charge in [-0.1, -0.05) is 0 Å². The van der Waals surface area contributed by atoms with E-state index in [1.807, 2.05) is 13.2 Å². The molecule has 3 N–H and O–H groups in total. The summed E-state index contributed by atoms with van der Waals surface area (Å²) in [5, 5.41) is 2.66. The van der Waals surface area contributed by atoms with E-state index in [-0.39, 0.29) is 11.8 Å². The van der Waals surface area contributed by atoms with Gasteiger partial charge in [-0.25, -0.2) is 0 Å². The Labute approximate surface area is 113 Å². The zero-order valence-electron chi connectivity index (χ0n) is 11.4. The zero-order chi connectivity index (χ0) is 13.8. The minimum absolute atomic E-state index is 0.00418. The second kappa shape index (κ2) is 6.43. The van der Waals surface area contributed by atoms with Crippen molar-refractivity contribution in [2.24, 2.45) is 11.1 Å². The van der Waals surface area contributed by atoms with Crippen molar-refractivity contribution in [2.75, 3.05) is 32.1 Å². The van der Waals surface area contributed by atoms with Gasteiger partial charge in [0.15, 0.2) is 0 Å². The fourth-order valence-electron chi connectivity index (χ4n) is 2.24. The molecule has 1 aliphatic heterocycles. The average molecular weight is 273 g/mol. The second-order valence-electron chi connectivity index (χ2n) is 5.04. The van der Waals surface area contributed by atoms with Gasteiger partial charge < -0.3 is 16.0 Å². The van der Waals surface area contributed by atoms with Crippen LogP contribution in [0.15, 0.2) is 0 Å². The molecule has 104 valence electrons. The first kappa shape index (κ1) is 15.3. The third-order valence-corrected chi connectivity index (χ3v) is 4.15. The van der Waals surface area contributed by atoms with Gasteiger partial charge in [0.25, 0.3) is 0 Å². The Hall–Kier alpha value is -0.750. The summed E-state index contributed by atoms with van der Waals surface area (Å²) in [6, 6.07) is -0.440. The van der Waals surface area contributed by atoms with E-state index < -0.39 is 11.5 Å². The summed E-state index contributed by atoms with van der Waals surface area (Å²) in [6.07, 6.45) is 3.39. The van der Waals surface area contributed by atoms with Crippen LogP contribution in [0.5, 0.6) is 0 Å². The molecule has 1 aliphatic rings. The minimum Gasteiger partial charge on any atom is -0.359 e. The quantitative estimate of drug-likeness (QED) is 0.742. The molecule has 2 amide bonds. The summed E-state index contributed by atoms with van der Waals surface area (Å²) in [7, 11) is 1.63. The molecule has 1 fully saturated rings. The Morgan fingerprint density at radius 1 is 1.56 bits per heavy atom. The van der Waals surface area contributed by atoms with Crippen LogP contribution in [-0.2, 0) is 9.59 Å². The minimum atomic E-state index is -0.469. The van der Waals surface area contributed by atoms with Gasteiger partial charge in [0.05, 0.1) is 11.5 Å². The van der Waals surface area contributed by atoms with Crippen LogP contribution < -0.4 is 11.1 Å². The molecular weight excluding hydrogens is 250 g/mol. The van der Waals surface area contributed by atoms with Crippen molar-refractivity contribution in [1.82, 2.24) is 10.2 Å². The highest BCUT2D eigenvalue weighted by Crippen LogP contribution is 2.30. The molecule has 2 atom stereocenters. The van der Waals surface area contributed by atoms with Gasteiger partial charge in [-0.05, 0) is 31.8 Å². The maximum absolute atomic E-state index is 12.1. The van der Waals surface area contributed by atoms with Crippen molar-refractivity contribution in [1.29, 1.82) is 0 Å². The Balaban J connectivity index is 2.55. The Bertz CT molecular complexity index is 324. The third-order valence-electron chi connectivity index (χ3n) is 3.51. The van der Waals surface area contributed by atoms with Crippen LogP contribution in [0.4, 0.5) is 0 Å². The summed E-state index contributed by atoms with van der Waals surface area (Å²) in [4.78, 5) is 25.6. The summed E-state index contributed by atoms with van der Waals surface area (Å²) in [6.45, 7) is 2.99. The van der Waals surface area contributed by atoms with Gasteiger partial charge in [0, 0.05) is 20.1 Å². The van der Waals surface area contributed by atoms with Crippen molar-refractivity contribution in [3.8, 4) is 0 Å². The lowest BCUT2D eigenvalue weighted by molar-refractivity contribution is -0.133. The van der Waals surface area contributed by atoms with Crippen molar-refractivity contribution < 1.29 is 9.59 Å². The molecule has 1 saturated heterocycles. The molecule has 1 unspecified atom stereocenters. The maximum Gasteiger partial charge on any atom is 0.239 e. The number of nitrogens with zero attached hydrogens (tertiary/aromatic N) is 1. The number of thioether (sulfide) groups is 1. The van der Waals surface area contributed by atoms with E-state index in [9.17, 15) is 9.59 Å². The van der Waals surface area contributed by atoms with E-state index in [1.165, 1.54) is 0 Å². The average Bonchev–Trinajstić information content (AvgIpc) is 2.77. The highest BCUT2D eigenvalue weighted by atomic mass is 32.2. The molecule has 0 bridgehead atoms. The SMILES string of the molecule is CNC(=O)C1(C)CCN(C(=O)[C@@H](N)CCSC)C1. The predicted molar refractivity (Wildman–Crippen MR) is 74.3 cm³/mol. The number of rotatable bonds is 5. The number of carbonyl (C=O) groups is 2. The number of amides is 2. The van der Waals surface area contributed by atoms with E-state index in [2.05, 4.69) is 5.32 Å². The standard InChI is InChI=1S/C12H23N3O2S/c1-12(11(17)14-2)5-6-15(8-12)10(16)9(13)4-7-18-3/h9H,4-8,13H2,1-3H3,(H,14,17)/t9-,12?/m0/s1. The monoisotopic (exact) mass is 273 g/mol. The summed E-state index contributed by atoms with van der Waals surface area (Å²) in [5.41, 5.74) is 5.41. The van der Waals surface area contributed by atoms with E-state index in [0.29, 0.717) is 25.9 Å². The van der Waals surface area contributed by atoms with Gasteiger partial charge in [-0.2, -0.15) is 11.8 Å². The largest absolute Gasteiger partial charge is 0.359 e. The van der Waals surface area contributed by atoms with Gasteiger partial charge >= 0.3 is 0 Å². The lowest BCUT2D eigenvalue weighted by Crippen LogP contribution is -2.45. The van der Waals surface area contributed by atoms with Crippen molar-refractivity contribution in [3.63, 3.8) is 0 Å². The fourth-order valence-corrected chi connectivity index (χ4v) is 2.73. The Morgan fingerprint density at radius 2 is 2.22 bits per heavy atom. The highest BCUT2D eigenvalue weighted by molar-refractivity contribution is 7.98. The summed E-state index contributed by atoms with van der Waals surface area (Å²) < 4.78 is 0. The molecule has 0 aromatic carbocycles. The maximum atomic E-state index is 12.1. The topological polar surface area (TPSA) is 75.4 Å². The first-order chi connectivity index (χ1) is 8.44. The van der Waals surface area contributed by atoms with Crippen LogP contribution in [0.25, 0.3) is 0 Å².